The Morgan fingerprint density at radius 2 is 2.17 bits per heavy atom. The third-order valence-electron chi connectivity index (χ3n) is 3.81. The molecule has 24 heavy (non-hydrogen) atoms. The number of carbonyl (C=O) groups excluding carboxylic acids is 1. The lowest BCUT2D eigenvalue weighted by Crippen LogP contribution is -2.29. The van der Waals surface area contributed by atoms with Crippen molar-refractivity contribution in [3.8, 4) is 0 Å². The van der Waals surface area contributed by atoms with Crippen molar-refractivity contribution in [1.29, 1.82) is 0 Å². The SMILES string of the molecule is COCCNC(=O)c1cc2sc(Br)cc2n1Cc1cccc(C)c1. The van der Waals surface area contributed by atoms with Crippen molar-refractivity contribution >= 4 is 43.4 Å². The van der Waals surface area contributed by atoms with E-state index in [0.717, 1.165) is 14.0 Å². The first kappa shape index (κ1) is 17.2. The molecule has 1 amide bonds. The molecule has 0 fully saturated rings. The summed E-state index contributed by atoms with van der Waals surface area (Å²) in [6.07, 6.45) is 0. The summed E-state index contributed by atoms with van der Waals surface area (Å²) >= 11 is 5.17. The predicted octanol–water partition coefficient (Wildman–Crippen LogP) is 4.20. The highest BCUT2D eigenvalue weighted by Crippen LogP contribution is 2.33. The quantitative estimate of drug-likeness (QED) is 0.623. The number of nitrogens with zero attached hydrogens (tertiary/aromatic N) is 1. The summed E-state index contributed by atoms with van der Waals surface area (Å²) in [6, 6.07) is 12.4. The molecule has 4 nitrogen and oxygen atoms in total. The topological polar surface area (TPSA) is 43.3 Å². The van der Waals surface area contributed by atoms with Crippen molar-refractivity contribution in [3.05, 3.63) is 57.0 Å². The van der Waals surface area contributed by atoms with E-state index < -0.39 is 0 Å². The van der Waals surface area contributed by atoms with Crippen LogP contribution in [0.3, 0.4) is 0 Å². The molecule has 0 atom stereocenters. The number of aromatic nitrogens is 1. The maximum absolute atomic E-state index is 12.6. The summed E-state index contributed by atoms with van der Waals surface area (Å²) in [5, 5.41) is 2.91. The molecule has 0 unspecified atom stereocenters. The number of rotatable bonds is 6. The second-order valence-electron chi connectivity index (χ2n) is 5.65. The van der Waals surface area contributed by atoms with Gasteiger partial charge in [0, 0.05) is 20.2 Å². The normalized spacial score (nSPS) is 11.1. The van der Waals surface area contributed by atoms with Gasteiger partial charge in [0.1, 0.15) is 5.69 Å². The van der Waals surface area contributed by atoms with Crippen LogP contribution in [-0.2, 0) is 11.3 Å². The van der Waals surface area contributed by atoms with Crippen LogP contribution in [0.25, 0.3) is 10.2 Å². The lowest BCUT2D eigenvalue weighted by atomic mass is 10.1. The molecular formula is C18H19BrN2O2S. The number of thiophene rings is 1. The number of hydrogen-bond acceptors (Lipinski definition) is 3. The number of nitrogens with one attached hydrogen (secondary N) is 1. The van der Waals surface area contributed by atoms with Crippen LogP contribution >= 0.6 is 27.3 Å². The number of ether oxygens (including phenoxy) is 1. The van der Waals surface area contributed by atoms with Gasteiger partial charge in [0.25, 0.3) is 5.91 Å². The summed E-state index contributed by atoms with van der Waals surface area (Å²) in [5.41, 5.74) is 4.15. The first-order valence-electron chi connectivity index (χ1n) is 7.69. The highest BCUT2D eigenvalue weighted by molar-refractivity contribution is 9.11. The molecule has 0 spiro atoms. The number of hydrogen-bond donors (Lipinski definition) is 1. The number of carbonyl (C=O) groups is 1. The van der Waals surface area contributed by atoms with Crippen LogP contribution in [0.4, 0.5) is 0 Å². The number of methoxy groups -OCH3 is 1. The monoisotopic (exact) mass is 406 g/mol. The van der Waals surface area contributed by atoms with Gasteiger partial charge in [-0.05, 0) is 40.5 Å². The summed E-state index contributed by atoms with van der Waals surface area (Å²) in [7, 11) is 1.63. The van der Waals surface area contributed by atoms with E-state index >= 15 is 0 Å². The van der Waals surface area contributed by atoms with Crippen LogP contribution in [0, 0.1) is 6.92 Å². The minimum absolute atomic E-state index is 0.0702. The molecule has 0 aliphatic rings. The Labute approximate surface area is 153 Å². The zero-order valence-electron chi connectivity index (χ0n) is 13.6. The molecule has 0 radical (unpaired) electrons. The van der Waals surface area contributed by atoms with Crippen LogP contribution in [0.2, 0.25) is 0 Å². The maximum atomic E-state index is 12.6. The highest BCUT2D eigenvalue weighted by atomic mass is 79.9. The minimum Gasteiger partial charge on any atom is -0.383 e. The first-order valence-corrected chi connectivity index (χ1v) is 9.30. The summed E-state index contributed by atoms with van der Waals surface area (Å²) in [4.78, 5) is 12.6. The van der Waals surface area contributed by atoms with Gasteiger partial charge in [-0.3, -0.25) is 4.79 Å². The smallest absolute Gasteiger partial charge is 0.268 e. The van der Waals surface area contributed by atoms with Gasteiger partial charge in [0.2, 0.25) is 0 Å². The van der Waals surface area contributed by atoms with Gasteiger partial charge < -0.3 is 14.6 Å². The van der Waals surface area contributed by atoms with Crippen molar-refractivity contribution in [1.82, 2.24) is 9.88 Å². The van der Waals surface area contributed by atoms with Gasteiger partial charge in [0.05, 0.1) is 20.6 Å². The van der Waals surface area contributed by atoms with Crippen molar-refractivity contribution in [3.63, 3.8) is 0 Å². The Bertz CT molecular complexity index is 869. The minimum atomic E-state index is -0.0702. The predicted molar refractivity (Wildman–Crippen MR) is 102 cm³/mol. The molecule has 0 bridgehead atoms. The Hall–Kier alpha value is -1.63. The second-order valence-corrected chi connectivity index (χ2v) is 8.12. The molecule has 2 aromatic heterocycles. The molecule has 1 N–H and O–H groups in total. The molecule has 0 aliphatic heterocycles. The number of aryl methyl sites for hydroxylation is 1. The Morgan fingerprint density at radius 3 is 2.92 bits per heavy atom. The average Bonchev–Trinajstić information content (AvgIpc) is 3.05. The number of fused-ring (bicyclic) bond motifs is 1. The van der Waals surface area contributed by atoms with Gasteiger partial charge in [-0.2, -0.15) is 0 Å². The summed E-state index contributed by atoms with van der Waals surface area (Å²) in [6.45, 7) is 3.75. The summed E-state index contributed by atoms with van der Waals surface area (Å²) in [5.74, 6) is -0.0702. The maximum Gasteiger partial charge on any atom is 0.268 e. The lowest BCUT2D eigenvalue weighted by molar-refractivity contribution is 0.0929. The molecular weight excluding hydrogens is 388 g/mol. The Kier molecular flexibility index (Phi) is 5.38. The van der Waals surface area contributed by atoms with Gasteiger partial charge in [0.15, 0.2) is 0 Å². The van der Waals surface area contributed by atoms with Gasteiger partial charge >= 0.3 is 0 Å². The fourth-order valence-electron chi connectivity index (χ4n) is 2.72. The first-order chi connectivity index (χ1) is 11.6. The van der Waals surface area contributed by atoms with E-state index in [0.29, 0.717) is 25.4 Å². The molecule has 3 rings (SSSR count). The van der Waals surface area contributed by atoms with Gasteiger partial charge in [-0.1, -0.05) is 29.8 Å². The van der Waals surface area contributed by atoms with E-state index in [9.17, 15) is 4.79 Å². The van der Waals surface area contributed by atoms with Crippen LogP contribution in [-0.4, -0.2) is 30.7 Å². The standard InChI is InChI=1S/C18H19BrN2O2S/c1-12-4-3-5-13(8-12)11-21-14-10-17(19)24-16(14)9-15(21)18(22)20-6-7-23-2/h3-5,8-10H,6-7,11H2,1-2H3,(H,20,22). The lowest BCUT2D eigenvalue weighted by Gasteiger charge is -2.11. The van der Waals surface area contributed by atoms with E-state index in [1.165, 1.54) is 11.1 Å². The highest BCUT2D eigenvalue weighted by Gasteiger charge is 2.17. The van der Waals surface area contributed by atoms with Crippen molar-refractivity contribution in [2.24, 2.45) is 0 Å². The van der Waals surface area contributed by atoms with E-state index in [1.807, 2.05) is 12.1 Å². The van der Waals surface area contributed by atoms with E-state index in [-0.39, 0.29) is 5.91 Å². The molecule has 2 heterocycles. The molecule has 0 saturated carbocycles. The van der Waals surface area contributed by atoms with Gasteiger partial charge in [-0.25, -0.2) is 0 Å². The second kappa shape index (κ2) is 7.51. The third kappa shape index (κ3) is 3.71. The molecule has 1 aromatic carbocycles. The number of benzene rings is 1. The molecule has 0 aliphatic carbocycles. The third-order valence-corrected chi connectivity index (χ3v) is 5.38. The Balaban J connectivity index is 1.96. The van der Waals surface area contributed by atoms with Crippen LogP contribution in [0.5, 0.6) is 0 Å². The average molecular weight is 407 g/mol. The van der Waals surface area contributed by atoms with Crippen LogP contribution < -0.4 is 5.32 Å². The van der Waals surface area contributed by atoms with E-state index in [1.54, 1.807) is 18.4 Å². The molecule has 3 aromatic rings. The molecule has 0 saturated heterocycles. The van der Waals surface area contributed by atoms with E-state index in [2.05, 4.69) is 57.0 Å². The number of amides is 1. The number of halogens is 1. The molecule has 126 valence electrons. The van der Waals surface area contributed by atoms with Crippen LogP contribution in [0.15, 0.2) is 40.2 Å². The van der Waals surface area contributed by atoms with Crippen molar-refractivity contribution in [2.75, 3.05) is 20.3 Å². The summed E-state index contributed by atoms with van der Waals surface area (Å²) < 4.78 is 9.25. The van der Waals surface area contributed by atoms with Crippen LogP contribution in [0.1, 0.15) is 21.6 Å². The largest absolute Gasteiger partial charge is 0.383 e. The van der Waals surface area contributed by atoms with Crippen molar-refractivity contribution in [2.45, 2.75) is 13.5 Å². The van der Waals surface area contributed by atoms with Crippen molar-refractivity contribution < 1.29 is 9.53 Å². The fourth-order valence-corrected chi connectivity index (χ4v) is 4.29. The van der Waals surface area contributed by atoms with E-state index in [4.69, 9.17) is 4.74 Å². The zero-order chi connectivity index (χ0) is 17.1. The zero-order valence-corrected chi connectivity index (χ0v) is 16.0. The molecule has 6 heteroatoms. The van der Waals surface area contributed by atoms with Gasteiger partial charge in [-0.15, -0.1) is 11.3 Å². The Morgan fingerprint density at radius 1 is 1.33 bits per heavy atom. The fraction of sp³-hybridized carbons (Fsp3) is 0.278.